The number of fused-ring (bicyclic) bond motifs is 1. The first-order valence-electron chi connectivity index (χ1n) is 8.37. The molecule has 1 atom stereocenters. The lowest BCUT2D eigenvalue weighted by molar-refractivity contribution is 0.0839. The van der Waals surface area contributed by atoms with Crippen molar-refractivity contribution in [2.24, 2.45) is 0 Å². The van der Waals surface area contributed by atoms with Crippen molar-refractivity contribution in [2.45, 2.75) is 19.1 Å². The fourth-order valence-electron chi connectivity index (χ4n) is 3.70. The van der Waals surface area contributed by atoms with E-state index in [2.05, 4.69) is 9.80 Å². The summed E-state index contributed by atoms with van der Waals surface area (Å²) in [6.45, 7) is 3.65. The van der Waals surface area contributed by atoms with Gasteiger partial charge in [0.2, 0.25) is 0 Å². The van der Waals surface area contributed by atoms with Crippen LogP contribution in [0.15, 0.2) is 27.4 Å². The Bertz CT molecular complexity index is 944. The lowest BCUT2D eigenvalue weighted by atomic mass is 10.2. The molecule has 136 valence electrons. The second-order valence-electron chi connectivity index (χ2n) is 6.76. The normalized spacial score (nSPS) is 24.9. The molecule has 2 fully saturated rings. The van der Waals surface area contributed by atoms with E-state index in [4.69, 9.17) is 16.0 Å². The molecule has 0 spiro atoms. The number of aromatic nitrogens is 1. The van der Waals surface area contributed by atoms with E-state index in [0.717, 1.165) is 32.6 Å². The minimum Gasteiger partial charge on any atom is -0.408 e. The molecule has 1 aromatic carbocycles. The molecule has 2 saturated heterocycles. The van der Waals surface area contributed by atoms with Crippen LogP contribution in [0.3, 0.4) is 0 Å². The minimum absolute atomic E-state index is 0.142. The van der Waals surface area contributed by atoms with Crippen LogP contribution in [-0.4, -0.2) is 66.5 Å². The second kappa shape index (κ2) is 6.42. The number of hydrogen-bond donors (Lipinski definition) is 0. The summed E-state index contributed by atoms with van der Waals surface area (Å²) in [5.41, 5.74) is 1.23. The standard InChI is InChI=1S/C16H20ClN3O4S/c17-12-1-2-15-14(9-12)20(16(21)24-15)11-18-4-6-19(7-5-18)13-3-8-25(22,23)10-13/h1-2,9,13H,3-8,10-11H2/t13-/m0/s1. The fourth-order valence-corrected chi connectivity index (χ4v) is 5.63. The van der Waals surface area contributed by atoms with Gasteiger partial charge in [0, 0.05) is 37.2 Å². The summed E-state index contributed by atoms with van der Waals surface area (Å²) in [6, 6.07) is 5.28. The fraction of sp³-hybridized carbons (Fsp3) is 0.562. The highest BCUT2D eigenvalue weighted by Crippen LogP contribution is 2.21. The number of rotatable bonds is 3. The largest absolute Gasteiger partial charge is 0.421 e. The molecule has 0 aliphatic carbocycles. The minimum atomic E-state index is -2.86. The maximum atomic E-state index is 12.1. The molecule has 9 heteroatoms. The highest BCUT2D eigenvalue weighted by Gasteiger charge is 2.33. The van der Waals surface area contributed by atoms with Gasteiger partial charge in [-0.2, -0.15) is 0 Å². The number of benzene rings is 1. The smallest absolute Gasteiger partial charge is 0.408 e. The molecule has 0 radical (unpaired) electrons. The van der Waals surface area contributed by atoms with Crippen LogP contribution in [0.4, 0.5) is 0 Å². The van der Waals surface area contributed by atoms with Crippen LogP contribution in [-0.2, 0) is 16.5 Å². The van der Waals surface area contributed by atoms with Gasteiger partial charge in [-0.15, -0.1) is 0 Å². The van der Waals surface area contributed by atoms with Gasteiger partial charge in [-0.3, -0.25) is 14.4 Å². The average molecular weight is 386 g/mol. The molecule has 2 aliphatic rings. The van der Waals surface area contributed by atoms with Crippen molar-refractivity contribution >= 4 is 32.5 Å². The van der Waals surface area contributed by atoms with Crippen LogP contribution in [0.25, 0.3) is 11.1 Å². The predicted molar refractivity (Wildman–Crippen MR) is 95.7 cm³/mol. The molecule has 0 bridgehead atoms. The molecule has 2 aromatic rings. The van der Waals surface area contributed by atoms with Crippen molar-refractivity contribution in [1.82, 2.24) is 14.4 Å². The Labute approximate surface area is 150 Å². The highest BCUT2D eigenvalue weighted by atomic mass is 35.5. The molecule has 2 aliphatic heterocycles. The van der Waals surface area contributed by atoms with E-state index in [-0.39, 0.29) is 17.6 Å². The molecular formula is C16H20ClN3O4S. The molecule has 1 aromatic heterocycles. The number of sulfone groups is 1. The van der Waals surface area contributed by atoms with Crippen molar-refractivity contribution in [2.75, 3.05) is 37.7 Å². The molecule has 4 rings (SSSR count). The van der Waals surface area contributed by atoms with Crippen molar-refractivity contribution in [3.63, 3.8) is 0 Å². The Kier molecular flexibility index (Phi) is 4.39. The van der Waals surface area contributed by atoms with Gasteiger partial charge < -0.3 is 4.42 Å². The Hall–Kier alpha value is -1.35. The lowest BCUT2D eigenvalue weighted by Gasteiger charge is -2.37. The van der Waals surface area contributed by atoms with Gasteiger partial charge >= 0.3 is 5.76 Å². The highest BCUT2D eigenvalue weighted by molar-refractivity contribution is 7.91. The van der Waals surface area contributed by atoms with Gasteiger partial charge in [0.05, 0.1) is 23.7 Å². The van der Waals surface area contributed by atoms with Gasteiger partial charge in [-0.25, -0.2) is 13.2 Å². The van der Waals surface area contributed by atoms with Crippen molar-refractivity contribution in [1.29, 1.82) is 0 Å². The molecule has 7 nitrogen and oxygen atoms in total. The summed E-state index contributed by atoms with van der Waals surface area (Å²) in [5, 5.41) is 0.564. The summed E-state index contributed by atoms with van der Waals surface area (Å²) < 4.78 is 30.2. The summed E-state index contributed by atoms with van der Waals surface area (Å²) in [7, 11) is -2.86. The van der Waals surface area contributed by atoms with Crippen LogP contribution in [0.1, 0.15) is 6.42 Å². The topological polar surface area (TPSA) is 75.8 Å². The van der Waals surface area contributed by atoms with Gasteiger partial charge in [0.1, 0.15) is 0 Å². The molecule has 3 heterocycles. The summed E-state index contributed by atoms with van der Waals surface area (Å²) in [4.78, 5) is 16.6. The maximum absolute atomic E-state index is 12.1. The van der Waals surface area contributed by atoms with E-state index >= 15 is 0 Å². The number of halogens is 1. The lowest BCUT2D eigenvalue weighted by Crippen LogP contribution is -2.51. The van der Waals surface area contributed by atoms with Crippen LogP contribution in [0.5, 0.6) is 0 Å². The monoisotopic (exact) mass is 385 g/mol. The van der Waals surface area contributed by atoms with Crippen LogP contribution >= 0.6 is 11.6 Å². The Morgan fingerprint density at radius 2 is 1.96 bits per heavy atom. The number of nitrogens with zero attached hydrogens (tertiary/aromatic N) is 3. The molecule has 0 unspecified atom stereocenters. The third-order valence-corrected chi connectivity index (χ3v) is 7.09. The van der Waals surface area contributed by atoms with Crippen LogP contribution in [0.2, 0.25) is 5.02 Å². The molecule has 0 amide bonds. The van der Waals surface area contributed by atoms with E-state index in [0.29, 0.717) is 28.5 Å². The zero-order valence-electron chi connectivity index (χ0n) is 13.7. The van der Waals surface area contributed by atoms with E-state index in [1.54, 1.807) is 22.8 Å². The van der Waals surface area contributed by atoms with Gasteiger partial charge in [-0.1, -0.05) is 11.6 Å². The molecule has 25 heavy (non-hydrogen) atoms. The third-order valence-electron chi connectivity index (χ3n) is 5.10. The van der Waals surface area contributed by atoms with Crippen molar-refractivity contribution < 1.29 is 12.8 Å². The van der Waals surface area contributed by atoms with Crippen molar-refractivity contribution in [3.8, 4) is 0 Å². The predicted octanol–water partition coefficient (Wildman–Crippen LogP) is 1.01. The van der Waals surface area contributed by atoms with Crippen molar-refractivity contribution in [3.05, 3.63) is 33.8 Å². The van der Waals surface area contributed by atoms with Crippen LogP contribution < -0.4 is 5.76 Å². The molecule has 0 N–H and O–H groups in total. The van der Waals surface area contributed by atoms with Crippen LogP contribution in [0, 0.1) is 0 Å². The van der Waals surface area contributed by atoms with E-state index in [1.807, 2.05) is 0 Å². The van der Waals surface area contributed by atoms with E-state index < -0.39 is 9.84 Å². The third kappa shape index (κ3) is 3.48. The average Bonchev–Trinajstić information content (AvgIpc) is 3.08. The zero-order valence-corrected chi connectivity index (χ0v) is 15.3. The number of piperazine rings is 1. The summed E-state index contributed by atoms with van der Waals surface area (Å²) in [5.74, 6) is 0.188. The molecule has 0 saturated carbocycles. The zero-order chi connectivity index (χ0) is 17.6. The Balaban J connectivity index is 1.43. The first-order valence-corrected chi connectivity index (χ1v) is 10.6. The van der Waals surface area contributed by atoms with Gasteiger partial charge in [0.25, 0.3) is 0 Å². The Morgan fingerprint density at radius 1 is 1.20 bits per heavy atom. The maximum Gasteiger partial charge on any atom is 0.421 e. The summed E-state index contributed by atoms with van der Waals surface area (Å²) in [6.07, 6.45) is 0.729. The summed E-state index contributed by atoms with van der Waals surface area (Å²) >= 11 is 6.03. The van der Waals surface area contributed by atoms with E-state index in [9.17, 15) is 13.2 Å². The number of oxazole rings is 1. The SMILES string of the molecule is O=c1oc2ccc(Cl)cc2n1CN1CCN([C@H]2CCS(=O)(=O)C2)CC1. The first kappa shape index (κ1) is 17.1. The second-order valence-corrected chi connectivity index (χ2v) is 9.43. The number of hydrogen-bond acceptors (Lipinski definition) is 6. The van der Waals surface area contributed by atoms with E-state index in [1.165, 1.54) is 0 Å². The Morgan fingerprint density at radius 3 is 2.64 bits per heavy atom. The molecular weight excluding hydrogens is 366 g/mol. The quantitative estimate of drug-likeness (QED) is 0.785. The van der Waals surface area contributed by atoms with Gasteiger partial charge in [-0.05, 0) is 24.6 Å². The van der Waals surface area contributed by atoms with Gasteiger partial charge in [0.15, 0.2) is 15.4 Å². The first-order chi connectivity index (χ1) is 11.9.